The van der Waals surface area contributed by atoms with Crippen molar-refractivity contribution >= 4 is 17.5 Å². The van der Waals surface area contributed by atoms with E-state index >= 15 is 0 Å². The number of aliphatic hydroxyl groups is 1. The van der Waals surface area contributed by atoms with Crippen LogP contribution < -0.4 is 10.6 Å². The third-order valence-corrected chi connectivity index (χ3v) is 2.59. The van der Waals surface area contributed by atoms with Crippen molar-refractivity contribution in [3.63, 3.8) is 0 Å². The average Bonchev–Trinajstić information content (AvgIpc) is 2.37. The summed E-state index contributed by atoms with van der Waals surface area (Å²) in [6, 6.07) is 7.13. The molecule has 0 heterocycles. The molecule has 1 aromatic rings. The Hall–Kier alpha value is -1.92. The minimum absolute atomic E-state index is 0.0400. The van der Waals surface area contributed by atoms with Crippen LogP contribution in [-0.2, 0) is 9.59 Å². The topological polar surface area (TPSA) is 81.7 Å². The summed E-state index contributed by atoms with van der Waals surface area (Å²) in [6.07, 6.45) is -0.707. The molecule has 3 N–H and O–H groups in total. The van der Waals surface area contributed by atoms with Gasteiger partial charge in [-0.2, -0.15) is 0 Å². The summed E-state index contributed by atoms with van der Waals surface area (Å²) in [6.45, 7) is 2.39. The Kier molecular flexibility index (Phi) is 6.14. The lowest BCUT2D eigenvalue weighted by Crippen LogP contribution is -2.42. The molecule has 0 aliphatic heterocycles. The smallest absolute Gasteiger partial charge is 0.313 e. The van der Waals surface area contributed by atoms with Crippen LogP contribution in [-0.4, -0.2) is 55.1 Å². The van der Waals surface area contributed by atoms with Gasteiger partial charge in [0.25, 0.3) is 0 Å². The highest BCUT2D eigenvalue weighted by atomic mass is 16.3. The highest BCUT2D eigenvalue weighted by molar-refractivity contribution is 6.39. The third kappa shape index (κ3) is 5.81. The Morgan fingerprint density at radius 2 is 1.80 bits per heavy atom. The van der Waals surface area contributed by atoms with Gasteiger partial charge >= 0.3 is 11.8 Å². The van der Waals surface area contributed by atoms with E-state index in [1.54, 1.807) is 17.0 Å². The molecule has 0 aliphatic carbocycles. The van der Waals surface area contributed by atoms with Gasteiger partial charge in [0.05, 0.1) is 6.10 Å². The molecule has 1 unspecified atom stereocenters. The maximum atomic E-state index is 11.6. The van der Waals surface area contributed by atoms with Gasteiger partial charge in [0.2, 0.25) is 0 Å². The van der Waals surface area contributed by atoms with Crippen molar-refractivity contribution in [2.24, 2.45) is 0 Å². The number of hydrogen-bond donors (Lipinski definition) is 3. The third-order valence-electron chi connectivity index (χ3n) is 2.59. The number of carbonyl (C=O) groups is 2. The monoisotopic (exact) mass is 279 g/mol. The first-order chi connectivity index (χ1) is 9.38. The zero-order valence-corrected chi connectivity index (χ0v) is 12.0. The second-order valence-corrected chi connectivity index (χ2v) is 4.95. The van der Waals surface area contributed by atoms with Crippen LogP contribution in [0.2, 0.25) is 0 Å². The molecule has 20 heavy (non-hydrogen) atoms. The highest BCUT2D eigenvalue weighted by Crippen LogP contribution is 2.08. The van der Waals surface area contributed by atoms with E-state index in [4.69, 9.17) is 0 Å². The van der Waals surface area contributed by atoms with E-state index in [0.717, 1.165) is 5.56 Å². The van der Waals surface area contributed by atoms with Gasteiger partial charge in [0, 0.05) is 18.8 Å². The number of benzene rings is 1. The van der Waals surface area contributed by atoms with E-state index < -0.39 is 17.9 Å². The predicted molar refractivity (Wildman–Crippen MR) is 77.4 cm³/mol. The van der Waals surface area contributed by atoms with Crippen molar-refractivity contribution in [3.05, 3.63) is 29.8 Å². The van der Waals surface area contributed by atoms with Gasteiger partial charge in [-0.15, -0.1) is 0 Å². The van der Waals surface area contributed by atoms with E-state index in [-0.39, 0.29) is 6.54 Å². The summed E-state index contributed by atoms with van der Waals surface area (Å²) < 4.78 is 0. The normalized spacial score (nSPS) is 12.1. The molecule has 0 saturated carbocycles. The fourth-order valence-electron chi connectivity index (χ4n) is 1.60. The molecule has 1 rings (SSSR count). The fourth-order valence-corrected chi connectivity index (χ4v) is 1.60. The van der Waals surface area contributed by atoms with Gasteiger partial charge in [-0.25, -0.2) is 0 Å². The Morgan fingerprint density at radius 1 is 1.20 bits per heavy atom. The van der Waals surface area contributed by atoms with Crippen LogP contribution in [0.5, 0.6) is 0 Å². The highest BCUT2D eigenvalue weighted by Gasteiger charge is 2.15. The van der Waals surface area contributed by atoms with Crippen LogP contribution in [0, 0.1) is 6.92 Å². The molecule has 1 atom stereocenters. The molecule has 0 saturated heterocycles. The minimum Gasteiger partial charge on any atom is -0.390 e. The molecule has 1 aromatic carbocycles. The van der Waals surface area contributed by atoms with Gasteiger partial charge in [-0.3, -0.25) is 9.59 Å². The first kappa shape index (κ1) is 16.1. The molecule has 110 valence electrons. The SMILES string of the molecule is Cc1ccc(NC(=O)C(=O)NCC(O)CN(C)C)cc1. The maximum absolute atomic E-state index is 11.6. The zero-order chi connectivity index (χ0) is 15.1. The van der Waals surface area contributed by atoms with E-state index in [0.29, 0.717) is 12.2 Å². The van der Waals surface area contributed by atoms with Gasteiger partial charge in [0.15, 0.2) is 0 Å². The van der Waals surface area contributed by atoms with Crippen molar-refractivity contribution in [1.29, 1.82) is 0 Å². The Balaban J connectivity index is 2.39. The predicted octanol–water partition coefficient (Wildman–Crippen LogP) is -0.0278. The number of carbonyl (C=O) groups excluding carboxylic acids is 2. The standard InChI is InChI=1S/C14H21N3O3/c1-10-4-6-11(7-5-10)16-14(20)13(19)15-8-12(18)9-17(2)3/h4-7,12,18H,8-9H2,1-3H3,(H,15,19)(H,16,20). The summed E-state index contributed by atoms with van der Waals surface area (Å²) in [5.74, 6) is -1.51. The molecule has 0 aromatic heterocycles. The Labute approximate surface area is 118 Å². The number of aliphatic hydroxyl groups excluding tert-OH is 1. The van der Waals surface area contributed by atoms with Gasteiger partial charge < -0.3 is 20.6 Å². The summed E-state index contributed by atoms with van der Waals surface area (Å²) in [5, 5.41) is 14.5. The van der Waals surface area contributed by atoms with E-state index in [1.807, 2.05) is 33.2 Å². The first-order valence-electron chi connectivity index (χ1n) is 6.37. The molecule has 0 bridgehead atoms. The maximum Gasteiger partial charge on any atom is 0.313 e. The molecule has 6 heteroatoms. The second kappa shape index (κ2) is 7.62. The molecule has 0 radical (unpaired) electrons. The molecule has 0 fully saturated rings. The van der Waals surface area contributed by atoms with Crippen LogP contribution in [0.4, 0.5) is 5.69 Å². The quantitative estimate of drug-likeness (QED) is 0.661. The van der Waals surface area contributed by atoms with E-state index in [1.165, 1.54) is 0 Å². The number of nitrogens with zero attached hydrogens (tertiary/aromatic N) is 1. The number of anilines is 1. The van der Waals surface area contributed by atoms with Crippen LogP contribution in [0.15, 0.2) is 24.3 Å². The average molecular weight is 279 g/mol. The van der Waals surface area contributed by atoms with Crippen molar-refractivity contribution < 1.29 is 14.7 Å². The number of nitrogens with one attached hydrogen (secondary N) is 2. The molecule has 0 aliphatic rings. The zero-order valence-electron chi connectivity index (χ0n) is 12.0. The van der Waals surface area contributed by atoms with E-state index in [2.05, 4.69) is 10.6 Å². The first-order valence-corrected chi connectivity index (χ1v) is 6.37. The van der Waals surface area contributed by atoms with Crippen molar-refractivity contribution in [3.8, 4) is 0 Å². The Bertz CT molecular complexity index is 457. The second-order valence-electron chi connectivity index (χ2n) is 4.95. The number of likely N-dealkylation sites (N-methyl/N-ethyl adjacent to an activating group) is 1. The largest absolute Gasteiger partial charge is 0.390 e. The van der Waals surface area contributed by atoms with Gasteiger partial charge in [-0.1, -0.05) is 17.7 Å². The van der Waals surface area contributed by atoms with Crippen LogP contribution in [0.3, 0.4) is 0 Å². The summed E-state index contributed by atoms with van der Waals surface area (Å²) in [4.78, 5) is 25.0. The number of aryl methyl sites for hydroxylation is 1. The Morgan fingerprint density at radius 3 is 2.35 bits per heavy atom. The molecule has 0 spiro atoms. The van der Waals surface area contributed by atoms with Crippen molar-refractivity contribution in [1.82, 2.24) is 10.2 Å². The lowest BCUT2D eigenvalue weighted by Gasteiger charge is -2.16. The lowest BCUT2D eigenvalue weighted by molar-refractivity contribution is -0.136. The minimum atomic E-state index is -0.761. The van der Waals surface area contributed by atoms with Crippen LogP contribution in [0.25, 0.3) is 0 Å². The van der Waals surface area contributed by atoms with Gasteiger partial charge in [-0.05, 0) is 33.2 Å². The molecule has 6 nitrogen and oxygen atoms in total. The fraction of sp³-hybridized carbons (Fsp3) is 0.429. The van der Waals surface area contributed by atoms with E-state index in [9.17, 15) is 14.7 Å². The summed E-state index contributed by atoms with van der Waals surface area (Å²) in [5.41, 5.74) is 1.63. The molecule has 2 amide bonds. The number of hydrogen-bond acceptors (Lipinski definition) is 4. The number of amides is 2. The van der Waals surface area contributed by atoms with Crippen molar-refractivity contribution in [2.45, 2.75) is 13.0 Å². The van der Waals surface area contributed by atoms with Crippen LogP contribution in [0.1, 0.15) is 5.56 Å². The van der Waals surface area contributed by atoms with Gasteiger partial charge in [0.1, 0.15) is 0 Å². The number of rotatable bonds is 5. The van der Waals surface area contributed by atoms with Crippen LogP contribution >= 0.6 is 0 Å². The molecular formula is C14H21N3O3. The van der Waals surface area contributed by atoms with Crippen molar-refractivity contribution in [2.75, 3.05) is 32.5 Å². The molecular weight excluding hydrogens is 258 g/mol. The summed E-state index contributed by atoms with van der Waals surface area (Å²) >= 11 is 0. The lowest BCUT2D eigenvalue weighted by atomic mass is 10.2. The summed E-state index contributed by atoms with van der Waals surface area (Å²) in [7, 11) is 3.63.